The molecule has 0 aliphatic rings. The van der Waals surface area contributed by atoms with Crippen molar-refractivity contribution in [2.75, 3.05) is 0 Å². The zero-order valence-electron chi connectivity index (χ0n) is 42.0. The lowest BCUT2D eigenvalue weighted by Crippen LogP contribution is -2.74. The van der Waals surface area contributed by atoms with E-state index in [-0.39, 0.29) is 0 Å². The quantitative estimate of drug-likeness (QED) is 0.0728. The largest absolute Gasteiger partial charge is 0.179 e. The highest BCUT2D eigenvalue weighted by Crippen LogP contribution is 2.45. The summed E-state index contributed by atoms with van der Waals surface area (Å²) in [6.07, 6.45) is 0. The van der Waals surface area contributed by atoms with Crippen molar-refractivity contribution < 1.29 is 0 Å². The summed E-state index contributed by atoms with van der Waals surface area (Å²) < 4.78 is 0. The molecule has 14 aromatic carbocycles. The SMILES string of the molecule is c1ccc([Si](c2ccccc2)(c2ccccc2)c2ccc(-c3ccc4c5ccccc5c5c6cc(-c7ccc([Si](c8ccccc8)(c8ccccc8)c8ccccc8)cc7)ccc6c6ccccc6c5c4c3)cc2)cc1. The molecule has 0 saturated carbocycles. The molecule has 0 aliphatic carbocycles. The molecule has 0 aromatic heterocycles. The molecule has 2 heteroatoms. The van der Waals surface area contributed by atoms with Crippen LogP contribution in [0.15, 0.2) is 315 Å². The van der Waals surface area contributed by atoms with Gasteiger partial charge in [0.2, 0.25) is 0 Å². The highest BCUT2D eigenvalue weighted by atomic mass is 28.3. The highest BCUT2D eigenvalue weighted by molar-refractivity contribution is 7.20. The third-order valence-corrected chi connectivity index (χ3v) is 25.9. The van der Waals surface area contributed by atoms with Gasteiger partial charge in [-0.2, -0.15) is 0 Å². The summed E-state index contributed by atoms with van der Waals surface area (Å²) in [4.78, 5) is 0. The Morgan fingerprint density at radius 1 is 0.145 bits per heavy atom. The van der Waals surface area contributed by atoms with Crippen molar-refractivity contribution in [1.82, 2.24) is 0 Å². The Kier molecular flexibility index (Phi) is 11.3. The van der Waals surface area contributed by atoms with Crippen molar-refractivity contribution in [1.29, 1.82) is 0 Å². The zero-order chi connectivity index (χ0) is 50.5. The van der Waals surface area contributed by atoms with Gasteiger partial charge in [-0.05, 0) is 130 Å². The standard InChI is InChI=1S/C74H52Si2/c1-7-23-57(24-8-1)75(58-25-9-2-10-26-58,59-27-11-3-12-28-59)63-45-39-53(40-46-63)55-43-49-67-65-35-19-22-38-70(65)74-72-52-56(44-50-68(72)66-36-20-21-37-69(66)73(74)71(67)51-55)54-41-47-64(48-42-54)76(60-29-13-4-14-30-60,61-31-15-5-16-32-61)62-33-17-6-18-34-62/h1-52H. The Morgan fingerprint density at radius 3 is 0.632 bits per heavy atom. The molecule has 0 spiro atoms. The van der Waals surface area contributed by atoms with Crippen LogP contribution < -0.4 is 41.5 Å². The van der Waals surface area contributed by atoms with E-state index in [1.165, 1.54) is 118 Å². The first-order valence-corrected chi connectivity index (χ1v) is 30.5. The van der Waals surface area contributed by atoms with Crippen LogP contribution in [-0.4, -0.2) is 16.1 Å². The van der Waals surface area contributed by atoms with Crippen LogP contribution in [0.5, 0.6) is 0 Å². The smallest absolute Gasteiger partial charge is 0.0623 e. The predicted molar refractivity (Wildman–Crippen MR) is 332 cm³/mol. The monoisotopic (exact) mass is 996 g/mol. The first kappa shape index (κ1) is 45.4. The molecular weight excluding hydrogens is 945 g/mol. The Balaban J connectivity index is 0.948. The molecule has 0 nitrogen and oxygen atoms in total. The Bertz CT molecular complexity index is 3910. The maximum Gasteiger partial charge on any atom is 0.179 e. The van der Waals surface area contributed by atoms with Crippen molar-refractivity contribution in [3.05, 3.63) is 315 Å². The van der Waals surface area contributed by atoms with Gasteiger partial charge in [-0.15, -0.1) is 0 Å². The molecule has 14 rings (SSSR count). The van der Waals surface area contributed by atoms with E-state index in [0.717, 1.165) is 0 Å². The minimum absolute atomic E-state index is 1.21. The van der Waals surface area contributed by atoms with Crippen LogP contribution in [0.4, 0.5) is 0 Å². The number of rotatable bonds is 10. The van der Waals surface area contributed by atoms with E-state index in [1.807, 2.05) is 0 Å². The molecule has 356 valence electrons. The Hall–Kier alpha value is -9.19. The van der Waals surface area contributed by atoms with Crippen molar-refractivity contribution in [3.63, 3.8) is 0 Å². The van der Waals surface area contributed by atoms with Gasteiger partial charge in [-0.3, -0.25) is 0 Å². The van der Waals surface area contributed by atoms with Crippen LogP contribution in [0.2, 0.25) is 0 Å². The second-order valence-electron chi connectivity index (χ2n) is 20.2. The van der Waals surface area contributed by atoms with Gasteiger partial charge in [0.1, 0.15) is 0 Å². The fraction of sp³-hybridized carbons (Fsp3) is 0. The molecule has 0 heterocycles. The summed E-state index contributed by atoms with van der Waals surface area (Å²) in [5.41, 5.74) is 4.83. The van der Waals surface area contributed by atoms with E-state index in [1.54, 1.807) is 0 Å². The summed E-state index contributed by atoms with van der Waals surface area (Å²) in [5.74, 6) is 0. The fourth-order valence-electron chi connectivity index (χ4n) is 13.0. The van der Waals surface area contributed by atoms with Crippen LogP contribution in [0.25, 0.3) is 76.1 Å². The summed E-state index contributed by atoms with van der Waals surface area (Å²) in [6, 6.07) is 119. The summed E-state index contributed by atoms with van der Waals surface area (Å²) in [6.45, 7) is 0. The molecular formula is C74H52Si2. The molecule has 0 amide bonds. The van der Waals surface area contributed by atoms with Crippen molar-refractivity contribution in [3.8, 4) is 22.3 Å². The average Bonchev–Trinajstić information content (AvgIpc) is 3.58. The molecule has 76 heavy (non-hydrogen) atoms. The molecule has 0 saturated heterocycles. The van der Waals surface area contributed by atoms with E-state index in [9.17, 15) is 0 Å². The predicted octanol–water partition coefficient (Wildman–Crippen LogP) is 13.5. The lowest BCUT2D eigenvalue weighted by Gasteiger charge is -2.34. The third kappa shape index (κ3) is 7.25. The van der Waals surface area contributed by atoms with Crippen LogP contribution >= 0.6 is 0 Å². The molecule has 0 aliphatic heterocycles. The molecule has 0 N–H and O–H groups in total. The second kappa shape index (κ2) is 18.9. The van der Waals surface area contributed by atoms with E-state index < -0.39 is 16.1 Å². The molecule has 0 radical (unpaired) electrons. The first-order valence-electron chi connectivity index (χ1n) is 26.5. The molecule has 0 bridgehead atoms. The van der Waals surface area contributed by atoms with Crippen LogP contribution in [-0.2, 0) is 0 Å². The lowest BCUT2D eigenvalue weighted by atomic mass is 9.85. The van der Waals surface area contributed by atoms with E-state index in [0.29, 0.717) is 0 Å². The second-order valence-corrected chi connectivity index (χ2v) is 27.8. The third-order valence-electron chi connectivity index (χ3n) is 16.3. The van der Waals surface area contributed by atoms with Gasteiger partial charge in [0, 0.05) is 0 Å². The normalized spacial score (nSPS) is 11.9. The number of hydrogen-bond donors (Lipinski definition) is 0. The van der Waals surface area contributed by atoms with Gasteiger partial charge in [0.15, 0.2) is 16.1 Å². The van der Waals surface area contributed by atoms with Gasteiger partial charge in [-0.25, -0.2) is 0 Å². The highest BCUT2D eigenvalue weighted by Gasteiger charge is 2.42. The number of hydrogen-bond acceptors (Lipinski definition) is 0. The number of benzene rings is 14. The molecule has 14 aromatic rings. The van der Waals surface area contributed by atoms with Crippen molar-refractivity contribution in [2.24, 2.45) is 0 Å². The maximum absolute atomic E-state index is 2.67. The van der Waals surface area contributed by atoms with Gasteiger partial charge >= 0.3 is 0 Å². The van der Waals surface area contributed by atoms with Gasteiger partial charge in [0.05, 0.1) is 0 Å². The van der Waals surface area contributed by atoms with Gasteiger partial charge < -0.3 is 0 Å². The van der Waals surface area contributed by atoms with Gasteiger partial charge in [-0.1, -0.05) is 303 Å². The topological polar surface area (TPSA) is 0 Å². The van der Waals surface area contributed by atoms with Crippen molar-refractivity contribution >= 4 is 112 Å². The summed E-state index contributed by atoms with van der Waals surface area (Å²) in [7, 11) is -5.35. The average molecular weight is 997 g/mol. The summed E-state index contributed by atoms with van der Waals surface area (Å²) >= 11 is 0. The van der Waals surface area contributed by atoms with Crippen LogP contribution in [0.3, 0.4) is 0 Å². The van der Waals surface area contributed by atoms with Gasteiger partial charge in [0.25, 0.3) is 0 Å². The minimum Gasteiger partial charge on any atom is -0.0623 e. The summed E-state index contributed by atoms with van der Waals surface area (Å²) in [5, 5.41) is 23.8. The minimum atomic E-state index is -2.67. The maximum atomic E-state index is 2.47. The zero-order valence-corrected chi connectivity index (χ0v) is 44.0. The molecule has 0 unspecified atom stereocenters. The Morgan fingerprint density at radius 2 is 0.355 bits per heavy atom. The van der Waals surface area contributed by atoms with Crippen LogP contribution in [0.1, 0.15) is 0 Å². The van der Waals surface area contributed by atoms with Crippen LogP contribution in [0, 0.1) is 0 Å². The van der Waals surface area contributed by atoms with E-state index >= 15 is 0 Å². The van der Waals surface area contributed by atoms with E-state index in [2.05, 4.69) is 315 Å². The molecule has 0 fully saturated rings. The van der Waals surface area contributed by atoms with Crippen molar-refractivity contribution in [2.45, 2.75) is 0 Å². The molecule has 0 atom stereocenters. The number of fused-ring (bicyclic) bond motifs is 11. The Labute approximate surface area is 446 Å². The lowest BCUT2D eigenvalue weighted by molar-refractivity contribution is 1.64. The fourth-order valence-corrected chi connectivity index (χ4v) is 22.5. The first-order chi connectivity index (χ1) is 37.7. The van der Waals surface area contributed by atoms with E-state index in [4.69, 9.17) is 0 Å².